The number of piperidine rings is 1. The van der Waals surface area contributed by atoms with Crippen molar-refractivity contribution in [1.82, 2.24) is 19.0 Å². The summed E-state index contributed by atoms with van der Waals surface area (Å²) in [4.78, 5) is 31.3. The first-order chi connectivity index (χ1) is 17.8. The number of aryl methyl sites for hydroxylation is 2. The largest absolute Gasteiger partial charge is 0.465 e. The molecule has 192 valence electrons. The van der Waals surface area contributed by atoms with Gasteiger partial charge in [0.15, 0.2) is 0 Å². The van der Waals surface area contributed by atoms with Gasteiger partial charge < -0.3 is 15.0 Å². The van der Waals surface area contributed by atoms with E-state index in [1.165, 1.54) is 19.2 Å². The molecular weight excluding hydrogens is 473 g/mol. The molecule has 1 saturated heterocycles. The fourth-order valence-electron chi connectivity index (χ4n) is 5.43. The zero-order chi connectivity index (χ0) is 26.3. The lowest BCUT2D eigenvalue weighted by molar-refractivity contribution is 0.0600. The Morgan fingerprint density at radius 2 is 1.95 bits per heavy atom. The lowest BCUT2D eigenvalue weighted by Gasteiger charge is -2.33. The van der Waals surface area contributed by atoms with Gasteiger partial charge in [-0.25, -0.2) is 14.2 Å². The number of ether oxygens (including phenoxy) is 1. The molecule has 0 amide bonds. The highest BCUT2D eigenvalue weighted by Crippen LogP contribution is 2.34. The van der Waals surface area contributed by atoms with E-state index in [1.54, 1.807) is 29.1 Å². The second-order valence-electron chi connectivity index (χ2n) is 9.66. The smallest absolute Gasteiger partial charge is 0.337 e. The number of esters is 1. The van der Waals surface area contributed by atoms with Crippen LogP contribution in [0.1, 0.15) is 45.9 Å². The molecule has 0 unspecified atom stereocenters. The molecule has 3 aromatic heterocycles. The molecule has 0 bridgehead atoms. The standard InChI is InChI=1S/C28H30FN5O3/c1-17-12-19(28(36)37-3)13-23(29)26(17)18-5-9-33(10-6-18)16-21-15-22-24(4-8-31-27(22)32(21)2)34-11-7-20(30)14-25(34)35/h4,7-8,11-15,18H,5-6,9-10,16,30H2,1-3H3. The highest BCUT2D eigenvalue weighted by molar-refractivity contribution is 5.89. The maximum atomic E-state index is 15.0. The van der Waals surface area contributed by atoms with E-state index in [4.69, 9.17) is 10.5 Å². The molecular formula is C28H30FN5O3. The van der Waals surface area contributed by atoms with Crippen LogP contribution in [-0.4, -0.2) is 45.2 Å². The van der Waals surface area contributed by atoms with E-state index in [-0.39, 0.29) is 22.9 Å². The van der Waals surface area contributed by atoms with Crippen LogP contribution in [-0.2, 0) is 18.3 Å². The van der Waals surface area contributed by atoms with Crippen molar-refractivity contribution in [3.8, 4) is 5.69 Å². The summed E-state index contributed by atoms with van der Waals surface area (Å²) in [5, 5.41) is 0.894. The van der Waals surface area contributed by atoms with Crippen LogP contribution in [0, 0.1) is 12.7 Å². The van der Waals surface area contributed by atoms with Gasteiger partial charge in [0.05, 0.1) is 18.4 Å². The first-order valence-electron chi connectivity index (χ1n) is 12.3. The minimum absolute atomic E-state index is 0.0982. The van der Waals surface area contributed by atoms with E-state index in [1.807, 2.05) is 20.0 Å². The Hall–Kier alpha value is -3.98. The van der Waals surface area contributed by atoms with Crippen LogP contribution in [0.5, 0.6) is 0 Å². The van der Waals surface area contributed by atoms with Gasteiger partial charge in [0, 0.05) is 48.8 Å². The molecule has 2 N–H and O–H groups in total. The third-order valence-corrected chi connectivity index (χ3v) is 7.35. The van der Waals surface area contributed by atoms with Crippen molar-refractivity contribution in [2.24, 2.45) is 7.05 Å². The number of fused-ring (bicyclic) bond motifs is 1. The Kier molecular flexibility index (Phi) is 6.55. The van der Waals surface area contributed by atoms with Crippen LogP contribution in [0.3, 0.4) is 0 Å². The van der Waals surface area contributed by atoms with E-state index in [0.29, 0.717) is 11.3 Å². The third-order valence-electron chi connectivity index (χ3n) is 7.35. The number of halogens is 1. The summed E-state index contributed by atoms with van der Waals surface area (Å²) in [6.07, 6.45) is 5.04. The van der Waals surface area contributed by atoms with Gasteiger partial charge in [0.2, 0.25) is 0 Å². The second kappa shape index (κ2) is 9.82. The SMILES string of the molecule is COC(=O)c1cc(C)c(C2CCN(Cc3cc4c(-n5ccc(N)cc5=O)ccnc4n3C)CC2)c(F)c1. The maximum Gasteiger partial charge on any atom is 0.337 e. The number of methoxy groups -OCH3 is 1. The maximum absolute atomic E-state index is 15.0. The van der Waals surface area contributed by atoms with Crippen molar-refractivity contribution >= 4 is 22.7 Å². The van der Waals surface area contributed by atoms with Crippen molar-refractivity contribution in [2.75, 3.05) is 25.9 Å². The first kappa shape index (κ1) is 24.7. The lowest BCUT2D eigenvalue weighted by Crippen LogP contribution is -2.33. The lowest BCUT2D eigenvalue weighted by atomic mass is 9.85. The van der Waals surface area contributed by atoms with E-state index in [9.17, 15) is 14.0 Å². The molecule has 0 saturated carbocycles. The van der Waals surface area contributed by atoms with Crippen LogP contribution in [0.2, 0.25) is 0 Å². The molecule has 0 aliphatic carbocycles. The number of hydrogen-bond acceptors (Lipinski definition) is 6. The van der Waals surface area contributed by atoms with Gasteiger partial charge in [-0.1, -0.05) is 0 Å². The van der Waals surface area contributed by atoms with Crippen LogP contribution < -0.4 is 11.3 Å². The number of pyridine rings is 2. The number of nitrogen functional groups attached to an aromatic ring is 1. The third kappa shape index (κ3) is 4.62. The molecule has 5 rings (SSSR count). The molecule has 8 nitrogen and oxygen atoms in total. The summed E-state index contributed by atoms with van der Waals surface area (Å²) in [6, 6.07) is 10.0. The van der Waals surface area contributed by atoms with Gasteiger partial charge in [-0.05, 0) is 80.2 Å². The van der Waals surface area contributed by atoms with Crippen molar-refractivity contribution < 1.29 is 13.9 Å². The van der Waals surface area contributed by atoms with Gasteiger partial charge in [-0.15, -0.1) is 0 Å². The van der Waals surface area contributed by atoms with Gasteiger partial charge in [-0.3, -0.25) is 14.3 Å². The van der Waals surface area contributed by atoms with Crippen molar-refractivity contribution in [3.05, 3.63) is 87.3 Å². The zero-order valence-electron chi connectivity index (χ0n) is 21.2. The fourth-order valence-corrected chi connectivity index (χ4v) is 5.43. The Bertz CT molecular complexity index is 1530. The molecule has 1 aliphatic heterocycles. The van der Waals surface area contributed by atoms with Crippen molar-refractivity contribution in [2.45, 2.75) is 32.2 Å². The van der Waals surface area contributed by atoms with Crippen molar-refractivity contribution in [3.63, 3.8) is 0 Å². The number of aromatic nitrogens is 3. The van der Waals surface area contributed by atoms with E-state index < -0.39 is 5.97 Å². The van der Waals surface area contributed by atoms with Gasteiger partial charge in [-0.2, -0.15) is 0 Å². The van der Waals surface area contributed by atoms with Crippen LogP contribution in [0.15, 0.2) is 53.6 Å². The molecule has 1 aromatic carbocycles. The Balaban J connectivity index is 1.34. The molecule has 0 spiro atoms. The number of benzene rings is 1. The van der Waals surface area contributed by atoms with E-state index in [0.717, 1.165) is 60.5 Å². The van der Waals surface area contributed by atoms with E-state index >= 15 is 0 Å². The normalized spacial score (nSPS) is 14.8. The summed E-state index contributed by atoms with van der Waals surface area (Å²) < 4.78 is 23.3. The van der Waals surface area contributed by atoms with Crippen LogP contribution in [0.4, 0.5) is 10.1 Å². The Labute approximate surface area is 214 Å². The summed E-state index contributed by atoms with van der Waals surface area (Å²) in [5.41, 5.74) is 10.4. The zero-order valence-corrected chi connectivity index (χ0v) is 21.2. The Morgan fingerprint density at radius 3 is 2.62 bits per heavy atom. The van der Waals surface area contributed by atoms with Crippen molar-refractivity contribution in [1.29, 1.82) is 0 Å². The number of rotatable bonds is 5. The van der Waals surface area contributed by atoms with Crippen LogP contribution in [0.25, 0.3) is 16.7 Å². The number of anilines is 1. The minimum Gasteiger partial charge on any atom is -0.465 e. The number of hydrogen-bond donors (Lipinski definition) is 1. The molecule has 37 heavy (non-hydrogen) atoms. The average Bonchev–Trinajstić information content (AvgIpc) is 3.19. The molecule has 4 heterocycles. The molecule has 9 heteroatoms. The number of likely N-dealkylation sites (tertiary alicyclic amines) is 1. The highest BCUT2D eigenvalue weighted by Gasteiger charge is 2.26. The van der Waals surface area contributed by atoms with Gasteiger partial charge in [0.1, 0.15) is 11.5 Å². The first-order valence-corrected chi connectivity index (χ1v) is 12.3. The fraction of sp³-hybridized carbons (Fsp3) is 0.321. The molecule has 0 radical (unpaired) electrons. The monoisotopic (exact) mass is 503 g/mol. The Morgan fingerprint density at radius 1 is 1.19 bits per heavy atom. The minimum atomic E-state index is -0.530. The predicted octanol–water partition coefficient (Wildman–Crippen LogP) is 3.92. The summed E-state index contributed by atoms with van der Waals surface area (Å²) in [5.74, 6) is -0.776. The molecule has 0 atom stereocenters. The summed E-state index contributed by atoms with van der Waals surface area (Å²) in [6.45, 7) is 4.21. The highest BCUT2D eigenvalue weighted by atomic mass is 19.1. The number of nitrogens with zero attached hydrogens (tertiary/aromatic N) is 4. The molecule has 1 aliphatic rings. The van der Waals surface area contributed by atoms with Gasteiger partial charge in [0.25, 0.3) is 5.56 Å². The quantitative estimate of drug-likeness (QED) is 0.415. The van der Waals surface area contributed by atoms with Crippen LogP contribution >= 0.6 is 0 Å². The average molecular weight is 504 g/mol. The summed E-state index contributed by atoms with van der Waals surface area (Å²) >= 11 is 0. The second-order valence-corrected chi connectivity index (χ2v) is 9.66. The predicted molar refractivity (Wildman–Crippen MR) is 140 cm³/mol. The molecule has 1 fully saturated rings. The molecule has 4 aromatic rings. The summed E-state index contributed by atoms with van der Waals surface area (Å²) in [7, 11) is 3.28. The number of carbonyl (C=O) groups excluding carboxylic acids is 1. The van der Waals surface area contributed by atoms with Gasteiger partial charge >= 0.3 is 5.97 Å². The van der Waals surface area contributed by atoms with E-state index in [2.05, 4.69) is 20.5 Å². The number of carbonyl (C=O) groups is 1. The topological polar surface area (TPSA) is 95.4 Å². The number of nitrogens with two attached hydrogens (primary N) is 1.